The van der Waals surface area contributed by atoms with Crippen molar-refractivity contribution in [3.05, 3.63) is 58.9 Å². The van der Waals surface area contributed by atoms with Crippen molar-refractivity contribution in [3.8, 4) is 0 Å². The number of aryl methyl sites for hydroxylation is 2. The molecule has 1 N–H and O–H groups in total. The van der Waals surface area contributed by atoms with Gasteiger partial charge in [0.15, 0.2) is 0 Å². The maximum absolute atomic E-state index is 3.44. The summed E-state index contributed by atoms with van der Waals surface area (Å²) in [4.78, 5) is 0. The molecule has 1 atom stereocenters. The number of hydrogen-bond acceptors (Lipinski definition) is 1. The summed E-state index contributed by atoms with van der Waals surface area (Å²) in [6, 6.07) is 9.55. The average molecular weight is 268 g/mol. The van der Waals surface area contributed by atoms with Crippen molar-refractivity contribution in [3.63, 3.8) is 0 Å². The number of hydrogen-bond donors (Lipinski definition) is 1. The molecule has 1 aromatic heterocycles. The van der Waals surface area contributed by atoms with E-state index in [1.165, 1.54) is 41.5 Å². The first-order valence-electron chi connectivity index (χ1n) is 7.73. The fraction of sp³-hybridized carbons (Fsp3) is 0.444. The smallest absolute Gasteiger partial charge is 0.0470 e. The van der Waals surface area contributed by atoms with Crippen LogP contribution in [-0.4, -0.2) is 11.6 Å². The van der Waals surface area contributed by atoms with Crippen LogP contribution >= 0.6 is 0 Å². The molecule has 20 heavy (non-hydrogen) atoms. The average Bonchev–Trinajstić information content (AvgIpc) is 2.90. The molecule has 2 nitrogen and oxygen atoms in total. The lowest BCUT2D eigenvalue weighted by atomic mass is 9.91. The van der Waals surface area contributed by atoms with Gasteiger partial charge in [-0.25, -0.2) is 0 Å². The van der Waals surface area contributed by atoms with Gasteiger partial charge in [-0.05, 0) is 55.0 Å². The van der Waals surface area contributed by atoms with E-state index in [1.54, 1.807) is 0 Å². The molecule has 0 aliphatic heterocycles. The van der Waals surface area contributed by atoms with Gasteiger partial charge in [-0.1, -0.05) is 31.2 Å². The zero-order valence-electron chi connectivity index (χ0n) is 12.5. The van der Waals surface area contributed by atoms with Crippen LogP contribution < -0.4 is 5.32 Å². The van der Waals surface area contributed by atoms with Crippen molar-refractivity contribution in [1.82, 2.24) is 9.88 Å². The third-order valence-electron chi connectivity index (χ3n) is 4.46. The number of nitrogens with one attached hydrogen (secondary N) is 1. The first-order valence-corrected chi connectivity index (χ1v) is 7.73. The first-order chi connectivity index (χ1) is 9.80. The van der Waals surface area contributed by atoms with Crippen LogP contribution in [-0.2, 0) is 19.4 Å². The van der Waals surface area contributed by atoms with E-state index in [4.69, 9.17) is 0 Å². The second-order valence-corrected chi connectivity index (χ2v) is 5.81. The zero-order chi connectivity index (χ0) is 13.9. The molecule has 0 spiro atoms. The standard InChI is InChI=1S/C18H24N2/c1-3-14-7-9-15(10-8-14)11-20-12-16-5-4-6-18(19-2)17(16)13-20/h7-10,12-13,18-19H,3-6,11H2,1-2H3. The van der Waals surface area contributed by atoms with E-state index in [2.05, 4.69) is 60.5 Å². The van der Waals surface area contributed by atoms with E-state index in [-0.39, 0.29) is 0 Å². The Labute approximate surface area is 121 Å². The minimum absolute atomic E-state index is 0.544. The Bertz CT molecular complexity index is 566. The molecule has 1 aliphatic rings. The molecule has 1 heterocycles. The van der Waals surface area contributed by atoms with Crippen LogP contribution in [0.15, 0.2) is 36.7 Å². The second kappa shape index (κ2) is 5.84. The van der Waals surface area contributed by atoms with Gasteiger partial charge in [0.25, 0.3) is 0 Å². The Morgan fingerprint density at radius 2 is 1.90 bits per heavy atom. The zero-order valence-corrected chi connectivity index (χ0v) is 12.5. The second-order valence-electron chi connectivity index (χ2n) is 5.81. The SMILES string of the molecule is CCc1ccc(Cn2cc3c(c2)C(NC)CCC3)cc1. The Kier molecular flexibility index (Phi) is 3.93. The highest BCUT2D eigenvalue weighted by molar-refractivity contribution is 5.31. The van der Waals surface area contributed by atoms with Gasteiger partial charge < -0.3 is 9.88 Å². The monoisotopic (exact) mass is 268 g/mol. The minimum atomic E-state index is 0.544. The van der Waals surface area contributed by atoms with Crippen LogP contribution in [0.3, 0.4) is 0 Å². The van der Waals surface area contributed by atoms with E-state index in [0.29, 0.717) is 6.04 Å². The maximum Gasteiger partial charge on any atom is 0.0470 e. The molecule has 0 amide bonds. The number of nitrogens with zero attached hydrogens (tertiary/aromatic N) is 1. The van der Waals surface area contributed by atoms with Crippen molar-refractivity contribution >= 4 is 0 Å². The van der Waals surface area contributed by atoms with Gasteiger partial charge in [0.1, 0.15) is 0 Å². The Morgan fingerprint density at radius 3 is 2.60 bits per heavy atom. The molecule has 1 aliphatic carbocycles. The molecule has 2 aromatic rings. The molecule has 0 radical (unpaired) electrons. The number of rotatable bonds is 4. The fourth-order valence-electron chi connectivity index (χ4n) is 3.23. The molecular formula is C18H24N2. The van der Waals surface area contributed by atoms with E-state index < -0.39 is 0 Å². The number of aromatic nitrogens is 1. The van der Waals surface area contributed by atoms with Crippen LogP contribution in [0.25, 0.3) is 0 Å². The molecule has 0 fully saturated rings. The topological polar surface area (TPSA) is 17.0 Å². The summed E-state index contributed by atoms with van der Waals surface area (Å²) < 4.78 is 2.35. The van der Waals surface area contributed by atoms with E-state index in [1.807, 2.05) is 0 Å². The van der Waals surface area contributed by atoms with E-state index in [0.717, 1.165) is 13.0 Å². The molecule has 0 saturated heterocycles. The molecule has 106 valence electrons. The normalized spacial score (nSPS) is 18.0. The van der Waals surface area contributed by atoms with Gasteiger partial charge in [0.05, 0.1) is 0 Å². The molecule has 0 bridgehead atoms. The van der Waals surface area contributed by atoms with Gasteiger partial charge in [0, 0.05) is 25.0 Å². The highest BCUT2D eigenvalue weighted by atomic mass is 15.0. The lowest BCUT2D eigenvalue weighted by molar-refractivity contribution is 0.498. The molecule has 0 saturated carbocycles. The van der Waals surface area contributed by atoms with Crippen molar-refractivity contribution in [2.24, 2.45) is 0 Å². The summed E-state index contributed by atoms with van der Waals surface area (Å²) in [5.41, 5.74) is 5.83. The summed E-state index contributed by atoms with van der Waals surface area (Å²) in [5, 5.41) is 3.44. The molecule has 3 rings (SSSR count). The van der Waals surface area contributed by atoms with Gasteiger partial charge in [-0.3, -0.25) is 0 Å². The molecule has 1 aromatic carbocycles. The number of fused-ring (bicyclic) bond motifs is 1. The molecule has 2 heteroatoms. The van der Waals surface area contributed by atoms with Gasteiger partial charge >= 0.3 is 0 Å². The highest BCUT2D eigenvalue weighted by Gasteiger charge is 2.20. The Balaban J connectivity index is 1.79. The quantitative estimate of drug-likeness (QED) is 0.894. The number of benzene rings is 1. The maximum atomic E-state index is 3.44. The van der Waals surface area contributed by atoms with Crippen molar-refractivity contribution in [2.75, 3.05) is 7.05 Å². The van der Waals surface area contributed by atoms with Crippen LogP contribution in [0.2, 0.25) is 0 Å². The van der Waals surface area contributed by atoms with Gasteiger partial charge in [0.2, 0.25) is 0 Å². The third kappa shape index (κ3) is 2.66. The molecule has 1 unspecified atom stereocenters. The summed E-state index contributed by atoms with van der Waals surface area (Å²) in [5.74, 6) is 0. The summed E-state index contributed by atoms with van der Waals surface area (Å²) in [6.45, 7) is 3.18. The van der Waals surface area contributed by atoms with Crippen molar-refractivity contribution in [2.45, 2.75) is 45.2 Å². The van der Waals surface area contributed by atoms with Crippen molar-refractivity contribution in [1.29, 1.82) is 0 Å². The van der Waals surface area contributed by atoms with Crippen LogP contribution in [0, 0.1) is 0 Å². The van der Waals surface area contributed by atoms with Gasteiger partial charge in [-0.2, -0.15) is 0 Å². The van der Waals surface area contributed by atoms with E-state index >= 15 is 0 Å². The fourth-order valence-corrected chi connectivity index (χ4v) is 3.23. The third-order valence-corrected chi connectivity index (χ3v) is 4.46. The molecular weight excluding hydrogens is 244 g/mol. The summed E-state index contributed by atoms with van der Waals surface area (Å²) in [6.07, 6.45) is 9.58. The van der Waals surface area contributed by atoms with Gasteiger partial charge in [-0.15, -0.1) is 0 Å². The minimum Gasteiger partial charge on any atom is -0.349 e. The lowest BCUT2D eigenvalue weighted by Crippen LogP contribution is -2.20. The Hall–Kier alpha value is -1.54. The Morgan fingerprint density at radius 1 is 1.15 bits per heavy atom. The van der Waals surface area contributed by atoms with E-state index in [9.17, 15) is 0 Å². The largest absolute Gasteiger partial charge is 0.349 e. The van der Waals surface area contributed by atoms with Crippen molar-refractivity contribution < 1.29 is 0 Å². The van der Waals surface area contributed by atoms with Crippen LogP contribution in [0.1, 0.15) is 48.1 Å². The summed E-state index contributed by atoms with van der Waals surface area (Å²) in [7, 11) is 2.07. The predicted molar refractivity (Wildman–Crippen MR) is 84.1 cm³/mol. The highest BCUT2D eigenvalue weighted by Crippen LogP contribution is 2.30. The van der Waals surface area contributed by atoms with Crippen LogP contribution in [0.4, 0.5) is 0 Å². The first kappa shape index (κ1) is 13.4. The van der Waals surface area contributed by atoms with Crippen LogP contribution in [0.5, 0.6) is 0 Å². The summed E-state index contributed by atoms with van der Waals surface area (Å²) >= 11 is 0. The lowest BCUT2D eigenvalue weighted by Gasteiger charge is -2.21. The predicted octanol–water partition coefficient (Wildman–Crippen LogP) is 3.70.